The van der Waals surface area contributed by atoms with E-state index >= 15 is 0 Å². The molecule has 1 aromatic carbocycles. The predicted octanol–water partition coefficient (Wildman–Crippen LogP) is 2.99. The van der Waals surface area contributed by atoms with E-state index in [9.17, 15) is 12.8 Å². The van der Waals surface area contributed by atoms with Gasteiger partial charge in [-0.2, -0.15) is 0 Å². The third kappa shape index (κ3) is 1.86. The van der Waals surface area contributed by atoms with Crippen LogP contribution in [0.5, 0.6) is 0 Å². The second-order valence-electron chi connectivity index (χ2n) is 3.44. The van der Waals surface area contributed by atoms with Crippen LogP contribution in [-0.2, 0) is 9.84 Å². The van der Waals surface area contributed by atoms with Crippen LogP contribution in [0.4, 0.5) is 4.39 Å². The third-order valence-electron chi connectivity index (χ3n) is 2.48. The molecule has 2 nitrogen and oxygen atoms in total. The van der Waals surface area contributed by atoms with Gasteiger partial charge in [-0.25, -0.2) is 12.8 Å². The largest absolute Gasteiger partial charge is 0.228 e. The summed E-state index contributed by atoms with van der Waals surface area (Å²) in [6.45, 7) is 0. The van der Waals surface area contributed by atoms with Crippen LogP contribution in [0, 0.1) is 5.82 Å². The Balaban J connectivity index is 2.47. The lowest BCUT2D eigenvalue weighted by molar-refractivity contribution is 0.553. The molecule has 1 saturated heterocycles. The van der Waals surface area contributed by atoms with Crippen LogP contribution in [-0.4, -0.2) is 14.2 Å². The molecular formula is C9H7Cl2FO2S. The quantitative estimate of drug-likeness (QED) is 0.734. The van der Waals surface area contributed by atoms with Crippen molar-refractivity contribution in [3.63, 3.8) is 0 Å². The average molecular weight is 269 g/mol. The minimum Gasteiger partial charge on any atom is -0.228 e. The van der Waals surface area contributed by atoms with Gasteiger partial charge in [-0.1, -0.05) is 23.2 Å². The van der Waals surface area contributed by atoms with Crippen LogP contribution in [0.1, 0.15) is 17.2 Å². The molecule has 0 N–H and O–H groups in total. The molecule has 6 heteroatoms. The van der Waals surface area contributed by atoms with Crippen molar-refractivity contribution in [2.75, 3.05) is 5.75 Å². The molecule has 0 radical (unpaired) electrons. The van der Waals surface area contributed by atoms with Gasteiger partial charge in [0.25, 0.3) is 0 Å². The Morgan fingerprint density at radius 2 is 1.80 bits per heavy atom. The zero-order valence-electron chi connectivity index (χ0n) is 7.50. The Morgan fingerprint density at radius 3 is 2.13 bits per heavy atom. The smallest absolute Gasteiger partial charge is 0.160 e. The molecule has 0 spiro atoms. The average Bonchev–Trinajstić information content (AvgIpc) is 2.12. The van der Waals surface area contributed by atoms with Crippen molar-refractivity contribution in [2.45, 2.75) is 11.7 Å². The fourth-order valence-electron chi connectivity index (χ4n) is 1.56. The molecule has 0 saturated carbocycles. The maximum Gasteiger partial charge on any atom is 0.160 e. The van der Waals surface area contributed by atoms with Gasteiger partial charge < -0.3 is 0 Å². The lowest BCUT2D eigenvalue weighted by Crippen LogP contribution is -2.28. The SMILES string of the molecule is O=S1(=O)CCC1c1cc(Cl)c(F)c(Cl)c1. The van der Waals surface area contributed by atoms with Crippen LogP contribution in [0.3, 0.4) is 0 Å². The van der Waals surface area contributed by atoms with Gasteiger partial charge >= 0.3 is 0 Å². The summed E-state index contributed by atoms with van der Waals surface area (Å²) in [4.78, 5) is 0. The molecule has 82 valence electrons. The van der Waals surface area contributed by atoms with Crippen molar-refractivity contribution in [1.82, 2.24) is 0 Å². The molecule has 1 aliphatic heterocycles. The number of hydrogen-bond donors (Lipinski definition) is 0. The molecule has 0 amide bonds. The van der Waals surface area contributed by atoms with Gasteiger partial charge in [0.1, 0.15) is 0 Å². The summed E-state index contributed by atoms with van der Waals surface area (Å²) in [6, 6.07) is 2.65. The Hall–Kier alpha value is -0.320. The lowest BCUT2D eigenvalue weighted by Gasteiger charge is -2.26. The number of halogens is 3. The Bertz CT molecular complexity index is 490. The monoisotopic (exact) mass is 268 g/mol. The molecule has 2 rings (SSSR count). The summed E-state index contributed by atoms with van der Waals surface area (Å²) in [5.74, 6) is -0.539. The Labute approximate surface area is 96.9 Å². The van der Waals surface area contributed by atoms with Crippen molar-refractivity contribution >= 4 is 33.0 Å². The van der Waals surface area contributed by atoms with Gasteiger partial charge in [0.2, 0.25) is 0 Å². The van der Waals surface area contributed by atoms with E-state index in [1.54, 1.807) is 0 Å². The molecule has 1 atom stereocenters. The first-order valence-corrected chi connectivity index (χ1v) is 6.75. The maximum atomic E-state index is 13.1. The first-order valence-electron chi connectivity index (χ1n) is 4.28. The molecular weight excluding hydrogens is 262 g/mol. The van der Waals surface area contributed by atoms with E-state index < -0.39 is 20.9 Å². The van der Waals surface area contributed by atoms with E-state index in [4.69, 9.17) is 23.2 Å². The molecule has 1 aromatic rings. The van der Waals surface area contributed by atoms with Crippen LogP contribution < -0.4 is 0 Å². The number of rotatable bonds is 1. The Kier molecular flexibility index (Phi) is 2.69. The number of hydrogen-bond acceptors (Lipinski definition) is 2. The van der Waals surface area contributed by atoms with Gasteiger partial charge in [-0.15, -0.1) is 0 Å². The van der Waals surface area contributed by atoms with E-state index in [0.717, 1.165) is 0 Å². The first-order chi connectivity index (χ1) is 6.92. The van der Waals surface area contributed by atoms with Crippen molar-refractivity contribution < 1.29 is 12.8 Å². The summed E-state index contributed by atoms with van der Waals surface area (Å²) in [5, 5.41) is -0.854. The van der Waals surface area contributed by atoms with Gasteiger partial charge in [0.15, 0.2) is 15.7 Å². The van der Waals surface area contributed by atoms with Crippen molar-refractivity contribution in [3.05, 3.63) is 33.6 Å². The van der Waals surface area contributed by atoms with Gasteiger partial charge in [-0.05, 0) is 24.1 Å². The summed E-state index contributed by atoms with van der Waals surface area (Å²) < 4.78 is 35.8. The maximum absolute atomic E-state index is 13.1. The molecule has 15 heavy (non-hydrogen) atoms. The molecule has 0 bridgehead atoms. The predicted molar refractivity (Wildman–Crippen MR) is 57.6 cm³/mol. The summed E-state index contributed by atoms with van der Waals surface area (Å²) >= 11 is 11.2. The summed E-state index contributed by atoms with van der Waals surface area (Å²) in [5.41, 5.74) is 0.470. The highest BCUT2D eigenvalue weighted by atomic mass is 35.5. The normalized spacial score (nSPS) is 23.5. The molecule has 1 fully saturated rings. The molecule has 1 aliphatic rings. The second kappa shape index (κ2) is 3.61. The molecule has 0 aromatic heterocycles. The topological polar surface area (TPSA) is 34.1 Å². The second-order valence-corrected chi connectivity index (χ2v) is 6.56. The van der Waals surface area contributed by atoms with E-state index in [0.29, 0.717) is 12.0 Å². The van der Waals surface area contributed by atoms with Crippen molar-refractivity contribution in [3.8, 4) is 0 Å². The number of benzene rings is 1. The zero-order chi connectivity index (χ0) is 11.2. The third-order valence-corrected chi connectivity index (χ3v) is 5.21. The molecule has 1 unspecified atom stereocenters. The van der Waals surface area contributed by atoms with Gasteiger partial charge in [-0.3, -0.25) is 0 Å². The summed E-state index contributed by atoms with van der Waals surface area (Å²) in [7, 11) is -3.06. The Morgan fingerprint density at radius 1 is 1.27 bits per heavy atom. The van der Waals surface area contributed by atoms with Crippen LogP contribution in [0.15, 0.2) is 12.1 Å². The standard InChI is InChI=1S/C9H7Cl2FO2S/c10-6-3-5(4-7(11)9(6)12)8-1-2-15(8,13)14/h3-4,8H,1-2H2. The van der Waals surface area contributed by atoms with E-state index in [1.165, 1.54) is 12.1 Å². The highest BCUT2D eigenvalue weighted by molar-refractivity contribution is 7.93. The van der Waals surface area contributed by atoms with Crippen molar-refractivity contribution in [1.29, 1.82) is 0 Å². The lowest BCUT2D eigenvalue weighted by atomic mass is 10.1. The van der Waals surface area contributed by atoms with Gasteiger partial charge in [0, 0.05) is 0 Å². The van der Waals surface area contributed by atoms with Gasteiger partial charge in [0.05, 0.1) is 21.0 Å². The zero-order valence-corrected chi connectivity index (χ0v) is 9.83. The first kappa shape index (κ1) is 11.2. The van der Waals surface area contributed by atoms with E-state index in [1.807, 2.05) is 0 Å². The highest BCUT2D eigenvalue weighted by Gasteiger charge is 2.37. The van der Waals surface area contributed by atoms with E-state index in [2.05, 4.69) is 0 Å². The minimum absolute atomic E-state index is 0.139. The number of sulfone groups is 1. The fourth-order valence-corrected chi connectivity index (χ4v) is 3.47. The van der Waals surface area contributed by atoms with Crippen molar-refractivity contribution in [2.24, 2.45) is 0 Å². The van der Waals surface area contributed by atoms with Crippen LogP contribution in [0.25, 0.3) is 0 Å². The van der Waals surface area contributed by atoms with E-state index in [-0.39, 0.29) is 15.8 Å². The van der Waals surface area contributed by atoms with Crippen LogP contribution >= 0.6 is 23.2 Å². The molecule has 0 aliphatic carbocycles. The highest BCUT2D eigenvalue weighted by Crippen LogP contribution is 2.39. The minimum atomic E-state index is -3.06. The fraction of sp³-hybridized carbons (Fsp3) is 0.333. The van der Waals surface area contributed by atoms with Crippen LogP contribution in [0.2, 0.25) is 10.0 Å². The molecule has 1 heterocycles. The summed E-state index contributed by atoms with van der Waals surface area (Å²) in [6.07, 6.45) is 0.542.